The highest BCUT2D eigenvalue weighted by molar-refractivity contribution is 5.46. The molecule has 1 fully saturated rings. The van der Waals surface area contributed by atoms with Crippen LogP contribution in [0.5, 0.6) is 0 Å². The Morgan fingerprint density at radius 1 is 1.37 bits per heavy atom. The Morgan fingerprint density at radius 3 is 2.68 bits per heavy atom. The molecule has 0 radical (unpaired) electrons. The molecule has 1 aliphatic heterocycles. The summed E-state index contributed by atoms with van der Waals surface area (Å²) >= 11 is 0. The second kappa shape index (κ2) is 5.49. The van der Waals surface area contributed by atoms with Gasteiger partial charge in [-0.15, -0.1) is 0 Å². The van der Waals surface area contributed by atoms with Crippen molar-refractivity contribution in [1.82, 2.24) is 4.98 Å². The fourth-order valence-corrected chi connectivity index (χ4v) is 2.78. The van der Waals surface area contributed by atoms with Gasteiger partial charge < -0.3 is 10.6 Å². The van der Waals surface area contributed by atoms with Crippen LogP contribution in [0.1, 0.15) is 58.2 Å². The number of nitrogens with zero attached hydrogens (tertiary/aromatic N) is 2. The van der Waals surface area contributed by atoms with Crippen LogP contribution in [-0.2, 0) is 12.0 Å². The minimum Gasteiger partial charge on any atom is -0.354 e. The summed E-state index contributed by atoms with van der Waals surface area (Å²) in [6.45, 7) is 10.6. The highest BCUT2D eigenvalue weighted by Crippen LogP contribution is 2.29. The van der Waals surface area contributed by atoms with Crippen molar-refractivity contribution >= 4 is 5.82 Å². The molecule has 3 heteroatoms. The van der Waals surface area contributed by atoms with Crippen LogP contribution in [0.15, 0.2) is 12.1 Å². The van der Waals surface area contributed by atoms with Gasteiger partial charge in [0.2, 0.25) is 0 Å². The molecule has 0 aromatic carbocycles. The molecule has 0 bridgehead atoms. The predicted molar refractivity (Wildman–Crippen MR) is 81.5 cm³/mol. The number of hydrogen-bond donors (Lipinski definition) is 1. The number of rotatable bonds is 3. The topological polar surface area (TPSA) is 42.1 Å². The SMILES string of the molecule is CCC1CCCN1c1cc(CN)cc(C(C)(C)C)n1. The molecule has 2 rings (SSSR count). The fourth-order valence-electron chi connectivity index (χ4n) is 2.78. The van der Waals surface area contributed by atoms with Gasteiger partial charge >= 0.3 is 0 Å². The van der Waals surface area contributed by atoms with Crippen LogP contribution in [-0.4, -0.2) is 17.6 Å². The molecular weight excluding hydrogens is 234 g/mol. The first-order chi connectivity index (χ1) is 8.95. The van der Waals surface area contributed by atoms with Gasteiger partial charge in [-0.05, 0) is 37.0 Å². The van der Waals surface area contributed by atoms with Gasteiger partial charge in [0.05, 0.1) is 0 Å². The maximum Gasteiger partial charge on any atom is 0.129 e. The molecule has 1 saturated heterocycles. The Bertz CT molecular complexity index is 434. The molecule has 3 nitrogen and oxygen atoms in total. The van der Waals surface area contributed by atoms with E-state index in [9.17, 15) is 0 Å². The Hall–Kier alpha value is -1.09. The Labute approximate surface area is 117 Å². The maximum absolute atomic E-state index is 5.85. The van der Waals surface area contributed by atoms with Crippen molar-refractivity contribution in [2.75, 3.05) is 11.4 Å². The summed E-state index contributed by atoms with van der Waals surface area (Å²) in [5, 5.41) is 0. The molecular formula is C16H27N3. The zero-order valence-corrected chi connectivity index (χ0v) is 12.7. The van der Waals surface area contributed by atoms with Crippen molar-refractivity contribution in [3.8, 4) is 0 Å². The first-order valence-electron chi connectivity index (χ1n) is 7.44. The standard InChI is InChI=1S/C16H27N3/c1-5-13-7-6-8-19(13)15-10-12(11-17)9-14(18-15)16(2,3)4/h9-10,13H,5-8,11,17H2,1-4H3. The first kappa shape index (κ1) is 14.3. The molecule has 1 atom stereocenters. The molecule has 0 aliphatic carbocycles. The van der Waals surface area contributed by atoms with Crippen molar-refractivity contribution < 1.29 is 0 Å². The fraction of sp³-hybridized carbons (Fsp3) is 0.688. The lowest BCUT2D eigenvalue weighted by molar-refractivity contribution is 0.564. The van der Waals surface area contributed by atoms with E-state index in [1.807, 2.05) is 0 Å². The van der Waals surface area contributed by atoms with Crippen LogP contribution in [0.4, 0.5) is 5.82 Å². The van der Waals surface area contributed by atoms with Gasteiger partial charge in [0.1, 0.15) is 5.82 Å². The number of aromatic nitrogens is 1. The van der Waals surface area contributed by atoms with Crippen LogP contribution < -0.4 is 10.6 Å². The van der Waals surface area contributed by atoms with E-state index >= 15 is 0 Å². The van der Waals surface area contributed by atoms with E-state index in [-0.39, 0.29) is 5.41 Å². The van der Waals surface area contributed by atoms with Gasteiger partial charge in [0, 0.05) is 30.2 Å². The van der Waals surface area contributed by atoms with Gasteiger partial charge in [0.15, 0.2) is 0 Å². The molecule has 1 aliphatic rings. The minimum atomic E-state index is 0.0708. The normalized spacial score (nSPS) is 20.1. The summed E-state index contributed by atoms with van der Waals surface area (Å²) in [7, 11) is 0. The first-order valence-corrected chi connectivity index (χ1v) is 7.44. The average Bonchev–Trinajstić information content (AvgIpc) is 2.85. The molecule has 1 unspecified atom stereocenters. The smallest absolute Gasteiger partial charge is 0.129 e. The second-order valence-electron chi connectivity index (χ2n) is 6.57. The molecule has 2 heterocycles. The van der Waals surface area contributed by atoms with Gasteiger partial charge in [0.25, 0.3) is 0 Å². The third-order valence-corrected chi connectivity index (χ3v) is 4.02. The zero-order chi connectivity index (χ0) is 14.0. The van der Waals surface area contributed by atoms with E-state index in [1.54, 1.807) is 0 Å². The zero-order valence-electron chi connectivity index (χ0n) is 12.7. The molecule has 0 saturated carbocycles. The van der Waals surface area contributed by atoms with E-state index in [4.69, 9.17) is 10.7 Å². The summed E-state index contributed by atoms with van der Waals surface area (Å²) in [5.41, 5.74) is 8.26. The van der Waals surface area contributed by atoms with Crippen LogP contribution in [0, 0.1) is 0 Å². The lowest BCUT2D eigenvalue weighted by Crippen LogP contribution is -2.30. The molecule has 1 aromatic rings. The monoisotopic (exact) mass is 261 g/mol. The van der Waals surface area contributed by atoms with Crippen molar-refractivity contribution in [3.63, 3.8) is 0 Å². The maximum atomic E-state index is 5.85. The Balaban J connectivity index is 2.39. The van der Waals surface area contributed by atoms with Crippen LogP contribution in [0.2, 0.25) is 0 Å². The molecule has 1 aromatic heterocycles. The van der Waals surface area contributed by atoms with Crippen molar-refractivity contribution in [3.05, 3.63) is 23.4 Å². The van der Waals surface area contributed by atoms with E-state index in [0.29, 0.717) is 12.6 Å². The Morgan fingerprint density at radius 2 is 2.11 bits per heavy atom. The lowest BCUT2D eigenvalue weighted by atomic mass is 9.90. The molecule has 106 valence electrons. The van der Waals surface area contributed by atoms with Gasteiger partial charge in [-0.2, -0.15) is 0 Å². The summed E-state index contributed by atoms with van der Waals surface area (Å²) in [5.74, 6) is 1.12. The second-order valence-corrected chi connectivity index (χ2v) is 6.57. The summed E-state index contributed by atoms with van der Waals surface area (Å²) in [6.07, 6.45) is 3.76. The van der Waals surface area contributed by atoms with Gasteiger partial charge in [-0.1, -0.05) is 27.7 Å². The Kier molecular flexibility index (Phi) is 4.14. The highest BCUT2D eigenvalue weighted by atomic mass is 15.2. The van der Waals surface area contributed by atoms with E-state index < -0.39 is 0 Å². The number of pyridine rings is 1. The molecule has 2 N–H and O–H groups in total. The van der Waals surface area contributed by atoms with Gasteiger partial charge in [-0.25, -0.2) is 4.98 Å². The predicted octanol–water partition coefficient (Wildman–Crippen LogP) is 3.22. The van der Waals surface area contributed by atoms with Gasteiger partial charge in [-0.3, -0.25) is 0 Å². The molecule has 0 amide bonds. The third-order valence-electron chi connectivity index (χ3n) is 4.02. The van der Waals surface area contributed by atoms with Crippen molar-refractivity contribution in [2.45, 2.75) is 65.0 Å². The number of hydrogen-bond acceptors (Lipinski definition) is 3. The van der Waals surface area contributed by atoms with E-state index in [2.05, 4.69) is 44.7 Å². The molecule has 0 spiro atoms. The highest BCUT2D eigenvalue weighted by Gasteiger charge is 2.26. The minimum absolute atomic E-state index is 0.0708. The van der Waals surface area contributed by atoms with Crippen molar-refractivity contribution in [2.24, 2.45) is 5.73 Å². The largest absolute Gasteiger partial charge is 0.354 e. The van der Waals surface area contributed by atoms with Crippen LogP contribution in [0.25, 0.3) is 0 Å². The summed E-state index contributed by atoms with van der Waals surface area (Å²) in [6, 6.07) is 4.97. The van der Waals surface area contributed by atoms with Crippen molar-refractivity contribution in [1.29, 1.82) is 0 Å². The average molecular weight is 261 g/mol. The molecule has 19 heavy (non-hydrogen) atoms. The van der Waals surface area contributed by atoms with E-state index in [1.165, 1.54) is 24.8 Å². The number of nitrogens with two attached hydrogens (primary N) is 1. The number of anilines is 1. The lowest BCUT2D eigenvalue weighted by Gasteiger charge is -2.28. The summed E-state index contributed by atoms with van der Waals surface area (Å²) in [4.78, 5) is 7.37. The van der Waals surface area contributed by atoms with Crippen LogP contribution >= 0.6 is 0 Å². The van der Waals surface area contributed by atoms with E-state index in [0.717, 1.165) is 18.1 Å². The van der Waals surface area contributed by atoms with Crippen LogP contribution in [0.3, 0.4) is 0 Å². The summed E-state index contributed by atoms with van der Waals surface area (Å²) < 4.78 is 0. The quantitative estimate of drug-likeness (QED) is 0.908. The third kappa shape index (κ3) is 3.08.